The monoisotopic (exact) mass is 406 g/mol. The zero-order chi connectivity index (χ0) is 19.9. The minimum absolute atomic E-state index is 0.00190. The van der Waals surface area contributed by atoms with Crippen molar-refractivity contribution in [2.45, 2.75) is 10.7 Å². The van der Waals surface area contributed by atoms with Crippen molar-refractivity contribution in [3.63, 3.8) is 0 Å². The first-order valence-corrected chi connectivity index (χ1v) is 9.92. The largest absolute Gasteiger partial charge is 0.327 e. The summed E-state index contributed by atoms with van der Waals surface area (Å²) in [5.74, 6) is -2.76. The number of carbonyl (C=O) groups excluding carboxylic acids is 2. The molecule has 0 unspecified atom stereocenters. The number of quaternary nitrogens is 1. The number of carbonyl (C=O) groups is 2. The van der Waals surface area contributed by atoms with Gasteiger partial charge in [-0.2, -0.15) is 8.78 Å². The zero-order valence-corrected chi connectivity index (χ0v) is 16.1. The molecular formula is C20H22F2N3O2S+. The Morgan fingerprint density at radius 1 is 1.04 bits per heavy atom. The predicted molar refractivity (Wildman–Crippen MR) is 105 cm³/mol. The van der Waals surface area contributed by atoms with Gasteiger partial charge in [0.05, 0.1) is 31.9 Å². The van der Waals surface area contributed by atoms with E-state index >= 15 is 0 Å². The fraction of sp³-hybridized carbons (Fsp3) is 0.300. The van der Waals surface area contributed by atoms with Gasteiger partial charge >= 0.3 is 0 Å². The lowest BCUT2D eigenvalue weighted by molar-refractivity contribution is -0.895. The molecule has 2 amide bonds. The third-order valence-corrected chi connectivity index (χ3v) is 5.35. The Balaban J connectivity index is 1.50. The molecule has 8 heteroatoms. The van der Waals surface area contributed by atoms with Crippen molar-refractivity contribution in [2.75, 3.05) is 38.0 Å². The third kappa shape index (κ3) is 5.53. The van der Waals surface area contributed by atoms with E-state index in [-0.39, 0.29) is 18.4 Å². The van der Waals surface area contributed by atoms with Crippen molar-refractivity contribution >= 4 is 29.3 Å². The van der Waals surface area contributed by atoms with Crippen LogP contribution in [0.25, 0.3) is 0 Å². The van der Waals surface area contributed by atoms with E-state index in [0.29, 0.717) is 54.1 Å². The summed E-state index contributed by atoms with van der Waals surface area (Å²) in [6.45, 7) is 2.72. The van der Waals surface area contributed by atoms with Crippen molar-refractivity contribution < 1.29 is 23.3 Å². The number of alkyl halides is 2. The van der Waals surface area contributed by atoms with Crippen molar-refractivity contribution in [1.29, 1.82) is 0 Å². The molecule has 2 aromatic rings. The molecule has 1 saturated heterocycles. The average Bonchev–Trinajstić information content (AvgIpc) is 2.70. The van der Waals surface area contributed by atoms with Crippen LogP contribution in [-0.4, -0.2) is 55.2 Å². The SMILES string of the molecule is O=C(C[NH+]1CCN(C(=O)c2ccccc2)CC1)Nc1ccccc1SC(F)F. The van der Waals surface area contributed by atoms with Crippen LogP contribution in [0, 0.1) is 0 Å². The summed E-state index contributed by atoms with van der Waals surface area (Å²) in [6.07, 6.45) is 0. The normalized spacial score (nSPS) is 14.9. The van der Waals surface area contributed by atoms with Crippen molar-refractivity contribution in [3.8, 4) is 0 Å². The van der Waals surface area contributed by atoms with Gasteiger partial charge in [0, 0.05) is 10.5 Å². The number of anilines is 1. The standard InChI is InChI=1S/C20H21F2N3O2S/c21-20(22)28-17-9-5-4-8-16(17)23-18(26)14-24-10-12-25(13-11-24)19(27)15-6-2-1-3-7-15/h1-9,20H,10-14H2,(H,23,26)/p+1. The van der Waals surface area contributed by atoms with Crippen LogP contribution in [0.15, 0.2) is 59.5 Å². The molecule has 1 aliphatic rings. The molecule has 0 aromatic heterocycles. The molecule has 148 valence electrons. The molecule has 2 aromatic carbocycles. The van der Waals surface area contributed by atoms with Crippen LogP contribution in [-0.2, 0) is 4.79 Å². The molecule has 3 rings (SSSR count). The first kappa shape index (κ1) is 20.3. The van der Waals surface area contributed by atoms with E-state index in [1.54, 1.807) is 41.3 Å². The van der Waals surface area contributed by atoms with Crippen LogP contribution < -0.4 is 10.2 Å². The van der Waals surface area contributed by atoms with Crippen molar-refractivity contribution in [2.24, 2.45) is 0 Å². The second-order valence-corrected chi connectivity index (χ2v) is 7.54. The summed E-state index contributed by atoms with van der Waals surface area (Å²) in [7, 11) is 0. The Morgan fingerprint density at radius 2 is 1.68 bits per heavy atom. The Labute approximate surface area is 166 Å². The molecule has 0 saturated carbocycles. The van der Waals surface area contributed by atoms with Crippen LogP contribution >= 0.6 is 11.8 Å². The smallest absolute Gasteiger partial charge is 0.288 e. The Morgan fingerprint density at radius 3 is 2.36 bits per heavy atom. The van der Waals surface area contributed by atoms with Gasteiger partial charge in [0.1, 0.15) is 0 Å². The zero-order valence-electron chi connectivity index (χ0n) is 15.2. The van der Waals surface area contributed by atoms with Gasteiger partial charge in [-0.05, 0) is 24.3 Å². The maximum Gasteiger partial charge on any atom is 0.288 e. The molecule has 1 heterocycles. The maximum absolute atomic E-state index is 12.6. The number of nitrogens with zero attached hydrogens (tertiary/aromatic N) is 1. The van der Waals surface area contributed by atoms with E-state index in [2.05, 4.69) is 5.32 Å². The van der Waals surface area contributed by atoms with Gasteiger partial charge in [0.2, 0.25) is 0 Å². The molecule has 0 radical (unpaired) electrons. The highest BCUT2D eigenvalue weighted by atomic mass is 32.2. The molecule has 5 nitrogen and oxygen atoms in total. The van der Waals surface area contributed by atoms with Crippen LogP contribution in [0.3, 0.4) is 0 Å². The summed E-state index contributed by atoms with van der Waals surface area (Å²) >= 11 is 0.415. The second kappa shape index (κ2) is 9.66. The highest BCUT2D eigenvalue weighted by molar-refractivity contribution is 7.99. The van der Waals surface area contributed by atoms with E-state index < -0.39 is 5.76 Å². The van der Waals surface area contributed by atoms with Crippen molar-refractivity contribution in [1.82, 2.24) is 4.90 Å². The van der Waals surface area contributed by atoms with E-state index in [4.69, 9.17) is 0 Å². The maximum atomic E-state index is 12.6. The fourth-order valence-electron chi connectivity index (χ4n) is 3.16. The topological polar surface area (TPSA) is 53.9 Å². The first-order valence-electron chi connectivity index (χ1n) is 9.04. The van der Waals surface area contributed by atoms with Gasteiger partial charge in [-0.15, -0.1) is 0 Å². The first-order chi connectivity index (χ1) is 13.5. The van der Waals surface area contributed by atoms with Gasteiger partial charge in [-0.1, -0.05) is 42.1 Å². The van der Waals surface area contributed by atoms with Gasteiger partial charge < -0.3 is 15.1 Å². The average molecular weight is 406 g/mol. The number of piperazine rings is 1. The lowest BCUT2D eigenvalue weighted by atomic mass is 10.2. The Hall–Kier alpha value is -2.45. The Kier molecular flexibility index (Phi) is 7.00. The molecule has 0 atom stereocenters. The summed E-state index contributed by atoms with van der Waals surface area (Å²) in [4.78, 5) is 28.0. The summed E-state index contributed by atoms with van der Waals surface area (Å²) in [5, 5.41) is 2.73. The molecule has 1 fully saturated rings. The lowest BCUT2D eigenvalue weighted by Gasteiger charge is -2.32. The third-order valence-electron chi connectivity index (χ3n) is 4.57. The summed E-state index contributed by atoms with van der Waals surface area (Å²) < 4.78 is 25.3. The Bertz CT molecular complexity index is 812. The fourth-order valence-corrected chi connectivity index (χ4v) is 3.75. The summed E-state index contributed by atoms with van der Waals surface area (Å²) in [5.41, 5.74) is 1.06. The van der Waals surface area contributed by atoms with E-state index in [0.717, 1.165) is 4.90 Å². The number of thioether (sulfide) groups is 1. The highest BCUT2D eigenvalue weighted by Gasteiger charge is 2.26. The van der Waals surface area contributed by atoms with Gasteiger partial charge in [0.15, 0.2) is 6.54 Å². The summed E-state index contributed by atoms with van der Waals surface area (Å²) in [6, 6.07) is 15.7. The quantitative estimate of drug-likeness (QED) is 0.722. The highest BCUT2D eigenvalue weighted by Crippen LogP contribution is 2.31. The number of halogens is 2. The minimum atomic E-state index is -2.54. The second-order valence-electron chi connectivity index (χ2n) is 6.51. The predicted octanol–water partition coefficient (Wildman–Crippen LogP) is 1.98. The number of hydrogen-bond acceptors (Lipinski definition) is 3. The number of benzene rings is 2. The van der Waals surface area contributed by atoms with Crippen LogP contribution in [0.5, 0.6) is 0 Å². The van der Waals surface area contributed by atoms with Gasteiger partial charge in [-0.3, -0.25) is 9.59 Å². The van der Waals surface area contributed by atoms with Gasteiger partial charge in [-0.25, -0.2) is 0 Å². The van der Waals surface area contributed by atoms with Crippen LogP contribution in [0.1, 0.15) is 10.4 Å². The number of nitrogens with one attached hydrogen (secondary N) is 2. The number of rotatable bonds is 6. The lowest BCUT2D eigenvalue weighted by Crippen LogP contribution is -3.15. The molecule has 28 heavy (non-hydrogen) atoms. The molecule has 0 bridgehead atoms. The van der Waals surface area contributed by atoms with E-state index in [9.17, 15) is 18.4 Å². The minimum Gasteiger partial charge on any atom is -0.327 e. The molecule has 1 aliphatic heterocycles. The number of hydrogen-bond donors (Lipinski definition) is 2. The van der Waals surface area contributed by atoms with Crippen molar-refractivity contribution in [3.05, 3.63) is 60.2 Å². The van der Waals surface area contributed by atoms with Crippen LogP contribution in [0.4, 0.5) is 14.5 Å². The molecular weight excluding hydrogens is 384 g/mol. The number of amides is 2. The molecule has 2 N–H and O–H groups in total. The number of para-hydroxylation sites is 1. The molecule has 0 spiro atoms. The van der Waals surface area contributed by atoms with E-state index in [1.807, 2.05) is 18.2 Å². The van der Waals surface area contributed by atoms with Gasteiger partial charge in [0.25, 0.3) is 17.6 Å². The molecule has 0 aliphatic carbocycles. The van der Waals surface area contributed by atoms with E-state index in [1.165, 1.54) is 0 Å². The van der Waals surface area contributed by atoms with Crippen LogP contribution in [0.2, 0.25) is 0 Å².